The summed E-state index contributed by atoms with van der Waals surface area (Å²) in [5, 5.41) is 0. The van der Waals surface area contributed by atoms with Gasteiger partial charge in [-0.1, -0.05) is 101 Å². The molecule has 0 amide bonds. The smallest absolute Gasteiger partial charge is 0.0146 e. The number of aryl methyl sites for hydroxylation is 1. The van der Waals surface area contributed by atoms with E-state index in [4.69, 9.17) is 0 Å². The van der Waals surface area contributed by atoms with Crippen LogP contribution >= 0.6 is 0 Å². The largest absolute Gasteiger partial charge is 0.0654 e. The lowest BCUT2D eigenvalue weighted by molar-refractivity contribution is 0.306. The van der Waals surface area contributed by atoms with Crippen molar-refractivity contribution < 1.29 is 0 Å². The Hall–Kier alpha value is -1.56. The van der Waals surface area contributed by atoms with Crippen molar-refractivity contribution in [2.75, 3.05) is 0 Å². The van der Waals surface area contributed by atoms with E-state index in [0.717, 1.165) is 17.8 Å². The van der Waals surface area contributed by atoms with E-state index in [9.17, 15) is 0 Å². The zero-order chi connectivity index (χ0) is 22.2. The molecule has 2 saturated carbocycles. The number of unbranched alkanes of at least 4 members (excludes halogenated alkanes) is 2. The van der Waals surface area contributed by atoms with Gasteiger partial charge in [0.2, 0.25) is 0 Å². The summed E-state index contributed by atoms with van der Waals surface area (Å²) in [4.78, 5) is 0. The molecule has 2 aliphatic rings. The first-order chi connectivity index (χ1) is 15.8. The van der Waals surface area contributed by atoms with Gasteiger partial charge in [-0.3, -0.25) is 0 Å². The Balaban J connectivity index is 1.61. The van der Waals surface area contributed by atoms with Crippen LogP contribution in [0.15, 0.2) is 42.5 Å². The van der Waals surface area contributed by atoms with Crippen LogP contribution in [-0.4, -0.2) is 0 Å². The molecule has 2 aromatic carbocycles. The number of hydrogen-bond acceptors (Lipinski definition) is 0. The Morgan fingerprint density at radius 3 is 2.12 bits per heavy atom. The molecular weight excluding hydrogens is 384 g/mol. The first-order valence-electron chi connectivity index (χ1n) is 14.0. The summed E-state index contributed by atoms with van der Waals surface area (Å²) in [6.45, 7) is 4.64. The van der Waals surface area contributed by atoms with E-state index >= 15 is 0 Å². The molecule has 2 aliphatic carbocycles. The van der Waals surface area contributed by atoms with E-state index in [0.29, 0.717) is 0 Å². The van der Waals surface area contributed by atoms with Crippen LogP contribution < -0.4 is 0 Å². The fraction of sp³-hybridized carbons (Fsp3) is 0.625. The fourth-order valence-corrected chi connectivity index (χ4v) is 6.64. The zero-order valence-corrected chi connectivity index (χ0v) is 20.9. The molecule has 0 saturated heterocycles. The molecule has 0 bridgehead atoms. The van der Waals surface area contributed by atoms with Crippen LogP contribution in [0.2, 0.25) is 0 Å². The predicted molar refractivity (Wildman–Crippen MR) is 141 cm³/mol. The highest BCUT2D eigenvalue weighted by molar-refractivity contribution is 5.70. The lowest BCUT2D eigenvalue weighted by Crippen LogP contribution is -2.17. The summed E-state index contributed by atoms with van der Waals surface area (Å²) in [5.41, 5.74) is 7.96. The summed E-state index contributed by atoms with van der Waals surface area (Å²) in [6, 6.07) is 17.0. The van der Waals surface area contributed by atoms with Gasteiger partial charge in [-0.2, -0.15) is 0 Å². The molecule has 0 spiro atoms. The maximum absolute atomic E-state index is 2.51. The molecule has 0 heteroatoms. The van der Waals surface area contributed by atoms with Gasteiger partial charge in [0.05, 0.1) is 0 Å². The minimum Gasteiger partial charge on any atom is -0.0654 e. The van der Waals surface area contributed by atoms with E-state index in [1.807, 2.05) is 0 Å². The lowest BCUT2D eigenvalue weighted by atomic mass is 9.71. The lowest BCUT2D eigenvalue weighted by Gasteiger charge is -2.34. The molecule has 0 heterocycles. The van der Waals surface area contributed by atoms with Crippen molar-refractivity contribution in [1.29, 1.82) is 0 Å². The zero-order valence-electron chi connectivity index (χ0n) is 20.9. The highest BCUT2D eigenvalue weighted by atomic mass is 14.3. The minimum atomic E-state index is 0.771. The van der Waals surface area contributed by atoms with Gasteiger partial charge >= 0.3 is 0 Å². The van der Waals surface area contributed by atoms with Crippen LogP contribution in [0.25, 0.3) is 11.1 Å². The van der Waals surface area contributed by atoms with E-state index < -0.39 is 0 Å². The summed E-state index contributed by atoms with van der Waals surface area (Å²) in [7, 11) is 0. The highest BCUT2D eigenvalue weighted by Crippen LogP contribution is 2.46. The summed E-state index contributed by atoms with van der Waals surface area (Å²) in [6.07, 6.45) is 20.7. The predicted octanol–water partition coefficient (Wildman–Crippen LogP) is 10.2. The van der Waals surface area contributed by atoms with Gasteiger partial charge in [-0.15, -0.1) is 0 Å². The summed E-state index contributed by atoms with van der Waals surface area (Å²) in [5.74, 6) is 2.54. The molecule has 174 valence electrons. The SMILES string of the molecule is CCCCCc1ccc(-c2cccc(C3CCC(CCC)CC3)c2C2CCCCC2)cc1. The number of rotatable bonds is 9. The van der Waals surface area contributed by atoms with Gasteiger partial charge < -0.3 is 0 Å². The number of hydrogen-bond donors (Lipinski definition) is 0. The molecule has 0 nitrogen and oxygen atoms in total. The number of benzene rings is 2. The van der Waals surface area contributed by atoms with Crippen molar-refractivity contribution >= 4 is 0 Å². The molecular formula is C32H46. The van der Waals surface area contributed by atoms with Crippen molar-refractivity contribution in [1.82, 2.24) is 0 Å². The summed E-state index contributed by atoms with van der Waals surface area (Å²) < 4.78 is 0. The van der Waals surface area contributed by atoms with Crippen molar-refractivity contribution in [3.05, 3.63) is 59.2 Å². The third kappa shape index (κ3) is 5.86. The standard InChI is InChI=1S/C32H46/c1-3-5-7-12-26-19-23-28(24-20-26)31-16-10-15-30(32(31)29-13-8-6-9-14-29)27-21-17-25(11-4-2)18-22-27/h10,15-16,19-20,23-25,27,29H,3-9,11-14,17-18,21-22H2,1-2H3. The molecule has 4 rings (SSSR count). The highest BCUT2D eigenvalue weighted by Gasteiger charge is 2.28. The first-order valence-corrected chi connectivity index (χ1v) is 14.0. The molecule has 2 fully saturated rings. The Bertz CT molecular complexity index is 800. The van der Waals surface area contributed by atoms with Crippen molar-refractivity contribution in [3.63, 3.8) is 0 Å². The van der Waals surface area contributed by atoms with Crippen LogP contribution in [0.3, 0.4) is 0 Å². The van der Waals surface area contributed by atoms with Crippen LogP contribution in [0, 0.1) is 5.92 Å². The fourth-order valence-electron chi connectivity index (χ4n) is 6.64. The van der Waals surface area contributed by atoms with Crippen LogP contribution in [-0.2, 0) is 6.42 Å². The molecule has 0 radical (unpaired) electrons. The van der Waals surface area contributed by atoms with E-state index in [2.05, 4.69) is 56.3 Å². The van der Waals surface area contributed by atoms with Crippen molar-refractivity contribution in [2.24, 2.45) is 5.92 Å². The second-order valence-corrected chi connectivity index (χ2v) is 10.8. The van der Waals surface area contributed by atoms with Crippen LogP contribution in [0.4, 0.5) is 0 Å². The van der Waals surface area contributed by atoms with Crippen LogP contribution in [0.1, 0.15) is 132 Å². The van der Waals surface area contributed by atoms with Crippen molar-refractivity contribution in [2.45, 2.75) is 122 Å². The maximum Gasteiger partial charge on any atom is -0.0146 e. The van der Waals surface area contributed by atoms with Gasteiger partial charge in [-0.25, -0.2) is 0 Å². The average molecular weight is 431 g/mol. The second kappa shape index (κ2) is 12.1. The van der Waals surface area contributed by atoms with Gasteiger partial charge in [0.1, 0.15) is 0 Å². The summed E-state index contributed by atoms with van der Waals surface area (Å²) >= 11 is 0. The molecule has 0 N–H and O–H groups in total. The van der Waals surface area contributed by atoms with Crippen molar-refractivity contribution in [3.8, 4) is 11.1 Å². The Kier molecular flexibility index (Phi) is 8.89. The van der Waals surface area contributed by atoms with Gasteiger partial charge in [-0.05, 0) is 96.9 Å². The van der Waals surface area contributed by atoms with Gasteiger partial charge in [0.15, 0.2) is 0 Å². The molecule has 0 unspecified atom stereocenters. The topological polar surface area (TPSA) is 0 Å². The average Bonchev–Trinajstić information content (AvgIpc) is 2.85. The molecule has 2 aromatic rings. The molecule has 0 atom stereocenters. The third-order valence-corrected chi connectivity index (χ3v) is 8.47. The van der Waals surface area contributed by atoms with E-state index in [-0.39, 0.29) is 0 Å². The van der Waals surface area contributed by atoms with Crippen LogP contribution in [0.5, 0.6) is 0 Å². The Morgan fingerprint density at radius 1 is 0.688 bits per heavy atom. The molecule has 0 aliphatic heterocycles. The Morgan fingerprint density at radius 2 is 1.44 bits per heavy atom. The van der Waals surface area contributed by atoms with E-state index in [1.54, 1.807) is 16.7 Å². The minimum absolute atomic E-state index is 0.771. The third-order valence-electron chi connectivity index (χ3n) is 8.47. The normalized spacial score (nSPS) is 22.2. The second-order valence-electron chi connectivity index (χ2n) is 10.8. The quantitative estimate of drug-likeness (QED) is 0.347. The monoisotopic (exact) mass is 430 g/mol. The molecule has 0 aromatic heterocycles. The van der Waals surface area contributed by atoms with Gasteiger partial charge in [0.25, 0.3) is 0 Å². The first kappa shape index (κ1) is 23.6. The molecule has 32 heavy (non-hydrogen) atoms. The van der Waals surface area contributed by atoms with E-state index in [1.165, 1.54) is 107 Å². The Labute approximate surface area is 198 Å². The maximum atomic E-state index is 2.51. The van der Waals surface area contributed by atoms with Gasteiger partial charge in [0, 0.05) is 0 Å².